The summed E-state index contributed by atoms with van der Waals surface area (Å²) in [5, 5.41) is 3.42. The first-order valence-electron chi connectivity index (χ1n) is 6.17. The summed E-state index contributed by atoms with van der Waals surface area (Å²) in [5.41, 5.74) is 0. The van der Waals surface area contributed by atoms with Crippen LogP contribution in [0.25, 0.3) is 0 Å². The summed E-state index contributed by atoms with van der Waals surface area (Å²) in [6.45, 7) is 2.10. The Labute approximate surface area is 138 Å². The monoisotopic (exact) mass is 376 g/mol. The van der Waals surface area contributed by atoms with Gasteiger partial charge in [0.1, 0.15) is 9.23 Å². The van der Waals surface area contributed by atoms with E-state index in [1.807, 2.05) is 0 Å². The molecule has 0 radical (unpaired) electrons. The van der Waals surface area contributed by atoms with Crippen molar-refractivity contribution in [1.29, 1.82) is 0 Å². The van der Waals surface area contributed by atoms with Crippen LogP contribution in [0.15, 0.2) is 11.0 Å². The standard InChI is InChI=1S/C11H14Cl2N2O2S2.ClH/c12-10-5-9(11(13)18-10)19(16,17)15-4-2-8-7(6-15)1-3-14-8;/h5,7-8,14H,1-4,6H2;1H. The van der Waals surface area contributed by atoms with Gasteiger partial charge < -0.3 is 5.32 Å². The van der Waals surface area contributed by atoms with Crippen molar-refractivity contribution in [3.63, 3.8) is 0 Å². The number of hydrogen-bond acceptors (Lipinski definition) is 4. The lowest BCUT2D eigenvalue weighted by Crippen LogP contribution is -2.46. The number of piperidine rings is 1. The molecule has 0 aromatic carbocycles. The van der Waals surface area contributed by atoms with Gasteiger partial charge in [-0.3, -0.25) is 0 Å². The van der Waals surface area contributed by atoms with Gasteiger partial charge in [0.05, 0.1) is 4.34 Å². The Morgan fingerprint density at radius 1 is 1.35 bits per heavy atom. The highest BCUT2D eigenvalue weighted by molar-refractivity contribution is 7.89. The minimum Gasteiger partial charge on any atom is -0.314 e. The van der Waals surface area contributed by atoms with Crippen LogP contribution in [0, 0.1) is 5.92 Å². The van der Waals surface area contributed by atoms with Crippen molar-refractivity contribution < 1.29 is 8.42 Å². The van der Waals surface area contributed by atoms with E-state index in [-0.39, 0.29) is 21.6 Å². The van der Waals surface area contributed by atoms with Crippen LogP contribution in [0.1, 0.15) is 12.8 Å². The topological polar surface area (TPSA) is 49.4 Å². The van der Waals surface area contributed by atoms with Crippen LogP contribution in [0.4, 0.5) is 0 Å². The Morgan fingerprint density at radius 2 is 2.10 bits per heavy atom. The summed E-state index contributed by atoms with van der Waals surface area (Å²) in [6.07, 6.45) is 1.90. The van der Waals surface area contributed by atoms with Crippen molar-refractivity contribution in [2.45, 2.75) is 23.8 Å². The zero-order valence-electron chi connectivity index (χ0n) is 10.5. The number of thiophene rings is 1. The van der Waals surface area contributed by atoms with Crippen molar-refractivity contribution in [1.82, 2.24) is 9.62 Å². The Hall–Kier alpha value is 0.440. The Bertz CT molecular complexity index is 590. The predicted octanol–water partition coefficient (Wildman–Crippen LogP) is 2.85. The molecule has 2 atom stereocenters. The van der Waals surface area contributed by atoms with Crippen molar-refractivity contribution in [3.05, 3.63) is 14.7 Å². The molecule has 2 saturated heterocycles. The van der Waals surface area contributed by atoms with E-state index in [4.69, 9.17) is 23.2 Å². The molecule has 2 aliphatic heterocycles. The third-order valence-corrected chi connectivity index (χ3v) is 7.48. The highest BCUT2D eigenvalue weighted by Crippen LogP contribution is 2.37. The molecule has 20 heavy (non-hydrogen) atoms. The van der Waals surface area contributed by atoms with Gasteiger partial charge in [0, 0.05) is 19.1 Å². The summed E-state index contributed by atoms with van der Waals surface area (Å²) in [7, 11) is -3.51. The fourth-order valence-corrected chi connectivity index (χ4v) is 6.50. The normalized spacial score (nSPS) is 27.1. The molecule has 0 bridgehead atoms. The number of halogens is 3. The van der Waals surface area contributed by atoms with Gasteiger partial charge in [-0.05, 0) is 31.4 Å². The maximum atomic E-state index is 12.6. The molecule has 2 unspecified atom stereocenters. The molecule has 1 aromatic rings. The van der Waals surface area contributed by atoms with Crippen LogP contribution in [-0.4, -0.2) is 38.4 Å². The van der Waals surface area contributed by atoms with E-state index in [0.717, 1.165) is 30.7 Å². The van der Waals surface area contributed by atoms with E-state index in [0.29, 0.717) is 29.4 Å². The Morgan fingerprint density at radius 3 is 2.75 bits per heavy atom. The van der Waals surface area contributed by atoms with Gasteiger partial charge in [-0.2, -0.15) is 4.31 Å². The molecule has 2 fully saturated rings. The maximum absolute atomic E-state index is 12.6. The van der Waals surface area contributed by atoms with Gasteiger partial charge in [-0.1, -0.05) is 23.2 Å². The summed E-state index contributed by atoms with van der Waals surface area (Å²) < 4.78 is 27.4. The summed E-state index contributed by atoms with van der Waals surface area (Å²) in [6, 6.07) is 1.91. The predicted molar refractivity (Wildman–Crippen MR) is 84.9 cm³/mol. The van der Waals surface area contributed by atoms with Gasteiger partial charge in [0.2, 0.25) is 10.0 Å². The first kappa shape index (κ1) is 16.8. The zero-order chi connectivity index (χ0) is 13.6. The number of hydrogen-bond donors (Lipinski definition) is 1. The molecule has 2 aliphatic rings. The second kappa shape index (κ2) is 6.28. The van der Waals surface area contributed by atoms with E-state index in [1.165, 1.54) is 6.07 Å². The number of nitrogens with zero attached hydrogens (tertiary/aromatic N) is 1. The second-order valence-electron chi connectivity index (χ2n) is 4.95. The second-order valence-corrected chi connectivity index (χ2v) is 9.14. The molecule has 0 amide bonds. The Balaban J connectivity index is 0.00000147. The molecule has 1 aromatic heterocycles. The summed E-state index contributed by atoms with van der Waals surface area (Å²) >= 11 is 12.9. The summed E-state index contributed by atoms with van der Waals surface area (Å²) in [5.74, 6) is 0.413. The molecule has 3 rings (SSSR count). The maximum Gasteiger partial charge on any atom is 0.245 e. The smallest absolute Gasteiger partial charge is 0.245 e. The van der Waals surface area contributed by atoms with Gasteiger partial charge >= 0.3 is 0 Å². The fourth-order valence-electron chi connectivity index (χ4n) is 2.87. The van der Waals surface area contributed by atoms with Crippen molar-refractivity contribution in [2.24, 2.45) is 5.92 Å². The Kier molecular flexibility index (Phi) is 5.28. The van der Waals surface area contributed by atoms with E-state index in [2.05, 4.69) is 5.32 Å². The van der Waals surface area contributed by atoms with E-state index < -0.39 is 10.0 Å². The third kappa shape index (κ3) is 2.97. The summed E-state index contributed by atoms with van der Waals surface area (Å²) in [4.78, 5) is 0.147. The first-order valence-corrected chi connectivity index (χ1v) is 9.18. The number of sulfonamides is 1. The van der Waals surface area contributed by atoms with Gasteiger partial charge in [0.15, 0.2) is 0 Å². The molecular weight excluding hydrogens is 363 g/mol. The number of nitrogens with one attached hydrogen (secondary N) is 1. The first-order chi connectivity index (χ1) is 8.98. The lowest BCUT2D eigenvalue weighted by molar-refractivity contribution is 0.247. The molecule has 1 N–H and O–H groups in total. The molecule has 0 aliphatic carbocycles. The van der Waals surface area contributed by atoms with Crippen LogP contribution < -0.4 is 5.32 Å². The minimum absolute atomic E-state index is 0. The van der Waals surface area contributed by atoms with Crippen LogP contribution >= 0.6 is 46.9 Å². The van der Waals surface area contributed by atoms with Crippen molar-refractivity contribution in [3.8, 4) is 0 Å². The lowest BCUT2D eigenvalue weighted by atomic mass is 9.95. The van der Waals surface area contributed by atoms with Gasteiger partial charge in [-0.15, -0.1) is 23.7 Å². The zero-order valence-corrected chi connectivity index (χ0v) is 14.5. The third-order valence-electron chi connectivity index (χ3n) is 3.86. The van der Waals surface area contributed by atoms with Crippen molar-refractivity contribution >= 4 is 57.0 Å². The average Bonchev–Trinajstić information content (AvgIpc) is 2.94. The quantitative estimate of drug-likeness (QED) is 0.862. The van der Waals surface area contributed by atoms with E-state index in [1.54, 1.807) is 4.31 Å². The van der Waals surface area contributed by atoms with Crippen LogP contribution in [-0.2, 0) is 10.0 Å². The van der Waals surface area contributed by atoms with Gasteiger partial charge in [0.25, 0.3) is 0 Å². The molecule has 3 heterocycles. The molecule has 114 valence electrons. The van der Waals surface area contributed by atoms with E-state index in [9.17, 15) is 8.42 Å². The van der Waals surface area contributed by atoms with Crippen molar-refractivity contribution in [2.75, 3.05) is 19.6 Å². The van der Waals surface area contributed by atoms with Crippen LogP contribution in [0.3, 0.4) is 0 Å². The van der Waals surface area contributed by atoms with E-state index >= 15 is 0 Å². The molecule has 9 heteroatoms. The average molecular weight is 378 g/mol. The largest absolute Gasteiger partial charge is 0.314 e. The molecule has 0 saturated carbocycles. The SMILES string of the molecule is Cl.O=S(=O)(c1cc(Cl)sc1Cl)N1CCC2NCCC2C1. The van der Waals surface area contributed by atoms with Crippen LogP contribution in [0.2, 0.25) is 8.67 Å². The minimum atomic E-state index is -3.51. The highest BCUT2D eigenvalue weighted by atomic mass is 35.5. The molecule has 4 nitrogen and oxygen atoms in total. The number of rotatable bonds is 2. The molecular formula is C11H15Cl3N2O2S2. The van der Waals surface area contributed by atoms with Gasteiger partial charge in [-0.25, -0.2) is 8.42 Å². The highest BCUT2D eigenvalue weighted by Gasteiger charge is 2.38. The number of fused-ring (bicyclic) bond motifs is 1. The fraction of sp³-hybridized carbons (Fsp3) is 0.636. The lowest BCUT2D eigenvalue weighted by Gasteiger charge is -2.33. The molecule has 0 spiro atoms. The van der Waals surface area contributed by atoms with Crippen LogP contribution in [0.5, 0.6) is 0 Å².